The van der Waals surface area contributed by atoms with Gasteiger partial charge in [-0.05, 0) is 17.7 Å². The fraction of sp³-hybridized carbons (Fsp3) is 0.118. The van der Waals surface area contributed by atoms with E-state index in [1.807, 2.05) is 28.9 Å². The maximum absolute atomic E-state index is 5.84. The largest absolute Gasteiger partial charge is 0.491 e. The van der Waals surface area contributed by atoms with Crippen molar-refractivity contribution in [1.29, 1.82) is 0 Å². The number of aromatic nitrogens is 4. The van der Waals surface area contributed by atoms with E-state index in [1.165, 1.54) is 7.11 Å². The molecule has 6 nitrogen and oxygen atoms in total. The molecular formula is C17H17N5O. The molecule has 2 aromatic heterocycles. The molecule has 2 N–H and O–H groups in total. The van der Waals surface area contributed by atoms with Crippen LogP contribution in [0.25, 0.3) is 17.6 Å². The number of hydrogen-bond acceptors (Lipinski definition) is 5. The molecule has 0 atom stereocenters. The van der Waals surface area contributed by atoms with Gasteiger partial charge in [-0.15, -0.1) is 0 Å². The van der Waals surface area contributed by atoms with Crippen LogP contribution in [0.4, 0.5) is 5.82 Å². The van der Waals surface area contributed by atoms with Gasteiger partial charge in [-0.1, -0.05) is 36.9 Å². The zero-order valence-electron chi connectivity index (χ0n) is 12.8. The molecule has 0 aliphatic rings. The van der Waals surface area contributed by atoms with Crippen LogP contribution in [-0.2, 0) is 6.54 Å². The maximum atomic E-state index is 5.84. The third-order valence-electron chi connectivity index (χ3n) is 3.43. The van der Waals surface area contributed by atoms with E-state index in [2.05, 4.69) is 33.8 Å². The topological polar surface area (TPSA) is 78.8 Å². The molecular weight excluding hydrogens is 290 g/mol. The molecule has 1 aromatic carbocycles. The van der Waals surface area contributed by atoms with Gasteiger partial charge in [-0.25, -0.2) is 9.97 Å². The van der Waals surface area contributed by atoms with Gasteiger partial charge < -0.3 is 10.5 Å². The molecule has 3 rings (SSSR count). The molecule has 3 aromatic rings. The minimum absolute atomic E-state index is 0.287. The first-order valence-electron chi connectivity index (χ1n) is 7.12. The lowest BCUT2D eigenvalue weighted by atomic mass is 10.2. The van der Waals surface area contributed by atoms with Crippen molar-refractivity contribution in [2.45, 2.75) is 6.54 Å². The molecule has 0 unspecified atom stereocenters. The van der Waals surface area contributed by atoms with E-state index in [-0.39, 0.29) is 5.82 Å². The minimum atomic E-state index is 0.287. The van der Waals surface area contributed by atoms with Crippen LogP contribution in [0.2, 0.25) is 0 Å². The van der Waals surface area contributed by atoms with Crippen molar-refractivity contribution in [3.05, 3.63) is 60.4 Å². The van der Waals surface area contributed by atoms with Crippen LogP contribution >= 0.6 is 0 Å². The van der Waals surface area contributed by atoms with Crippen molar-refractivity contribution < 1.29 is 4.74 Å². The quantitative estimate of drug-likeness (QED) is 0.784. The van der Waals surface area contributed by atoms with Gasteiger partial charge in [0.2, 0.25) is 0 Å². The highest BCUT2D eigenvalue weighted by molar-refractivity contribution is 5.59. The van der Waals surface area contributed by atoms with Gasteiger partial charge in [0.25, 0.3) is 0 Å². The summed E-state index contributed by atoms with van der Waals surface area (Å²) in [5, 5.41) is 4.57. The average Bonchev–Trinajstić information content (AvgIpc) is 2.98. The molecule has 6 heteroatoms. The molecule has 0 saturated heterocycles. The number of methoxy groups -OCH3 is 1. The fourth-order valence-electron chi connectivity index (χ4n) is 2.25. The Morgan fingerprint density at radius 1 is 1.30 bits per heavy atom. The predicted octanol–water partition coefficient (Wildman–Crippen LogP) is 2.62. The highest BCUT2D eigenvalue weighted by Crippen LogP contribution is 2.22. The lowest BCUT2D eigenvalue weighted by Gasteiger charge is -2.05. The summed E-state index contributed by atoms with van der Waals surface area (Å²) in [6, 6.07) is 12.0. The molecule has 0 amide bonds. The summed E-state index contributed by atoms with van der Waals surface area (Å²) in [7, 11) is 1.53. The van der Waals surface area contributed by atoms with E-state index < -0.39 is 0 Å². The van der Waals surface area contributed by atoms with E-state index in [9.17, 15) is 0 Å². The Morgan fingerprint density at radius 2 is 2.09 bits per heavy atom. The summed E-state index contributed by atoms with van der Waals surface area (Å²) < 4.78 is 6.94. The monoisotopic (exact) mass is 307 g/mol. The maximum Gasteiger partial charge on any atom is 0.182 e. The molecule has 0 spiro atoms. The van der Waals surface area contributed by atoms with Crippen molar-refractivity contribution in [3.63, 3.8) is 0 Å². The molecule has 0 saturated carbocycles. The van der Waals surface area contributed by atoms with E-state index >= 15 is 0 Å². The van der Waals surface area contributed by atoms with E-state index in [1.54, 1.807) is 12.3 Å². The van der Waals surface area contributed by atoms with Gasteiger partial charge in [0.1, 0.15) is 5.69 Å². The summed E-state index contributed by atoms with van der Waals surface area (Å²) in [5.74, 6) is 1.19. The third-order valence-corrected chi connectivity index (χ3v) is 3.43. The highest BCUT2D eigenvalue weighted by Gasteiger charge is 2.12. The van der Waals surface area contributed by atoms with Crippen LogP contribution in [0.15, 0.2) is 49.2 Å². The van der Waals surface area contributed by atoms with Crippen molar-refractivity contribution in [2.75, 3.05) is 12.8 Å². The van der Waals surface area contributed by atoms with E-state index in [4.69, 9.17) is 10.5 Å². The first-order valence-corrected chi connectivity index (χ1v) is 7.12. The number of benzene rings is 1. The first-order chi connectivity index (χ1) is 11.2. The van der Waals surface area contributed by atoms with E-state index in [0.29, 0.717) is 23.8 Å². The number of rotatable bonds is 5. The number of nitrogens with zero attached hydrogens (tertiary/aromatic N) is 4. The Labute approximate surface area is 134 Å². The lowest BCUT2D eigenvalue weighted by molar-refractivity contribution is 0.413. The molecule has 0 aliphatic carbocycles. The Balaban J connectivity index is 1.95. The van der Waals surface area contributed by atoms with Crippen LogP contribution in [0.5, 0.6) is 5.75 Å². The second-order valence-electron chi connectivity index (χ2n) is 4.95. The summed E-state index contributed by atoms with van der Waals surface area (Å²) in [4.78, 5) is 8.49. The summed E-state index contributed by atoms with van der Waals surface area (Å²) in [6.45, 7) is 4.49. The Morgan fingerprint density at radius 3 is 2.74 bits per heavy atom. The van der Waals surface area contributed by atoms with Gasteiger partial charge in [-0.3, -0.25) is 4.68 Å². The normalized spacial score (nSPS) is 10.5. The Kier molecular flexibility index (Phi) is 4.05. The van der Waals surface area contributed by atoms with Gasteiger partial charge >= 0.3 is 0 Å². The van der Waals surface area contributed by atoms with Crippen LogP contribution in [-0.4, -0.2) is 26.9 Å². The molecule has 0 aliphatic heterocycles. The van der Waals surface area contributed by atoms with Gasteiger partial charge in [0.05, 0.1) is 25.5 Å². The summed E-state index contributed by atoms with van der Waals surface area (Å²) >= 11 is 0. The van der Waals surface area contributed by atoms with Gasteiger partial charge in [0.15, 0.2) is 17.4 Å². The minimum Gasteiger partial charge on any atom is -0.491 e. The van der Waals surface area contributed by atoms with Crippen molar-refractivity contribution in [3.8, 4) is 17.3 Å². The molecule has 23 heavy (non-hydrogen) atoms. The first kappa shape index (κ1) is 14.8. The average molecular weight is 307 g/mol. The summed E-state index contributed by atoms with van der Waals surface area (Å²) in [6.07, 6.45) is 3.30. The second-order valence-corrected chi connectivity index (χ2v) is 4.95. The molecule has 0 fully saturated rings. The summed E-state index contributed by atoms with van der Waals surface area (Å²) in [5.41, 5.74) is 8.53. The second kappa shape index (κ2) is 6.31. The molecule has 0 bridgehead atoms. The van der Waals surface area contributed by atoms with E-state index in [0.717, 1.165) is 11.3 Å². The standard InChI is InChI=1S/C17H17N5O/c1-3-13-9-14(17-19-10-15(23-2)16(18)20-17)21-22(13)11-12-7-5-4-6-8-12/h3-10H,1,11H2,2H3,(H2,18,19,20). The number of nitrogens with two attached hydrogens (primary N) is 1. The zero-order valence-corrected chi connectivity index (χ0v) is 12.8. The predicted molar refractivity (Wildman–Crippen MR) is 89.9 cm³/mol. The smallest absolute Gasteiger partial charge is 0.182 e. The SMILES string of the molecule is C=Cc1cc(-c2ncc(OC)c(N)n2)nn1Cc1ccccc1. The fourth-order valence-corrected chi connectivity index (χ4v) is 2.25. The zero-order chi connectivity index (χ0) is 16.2. The van der Waals surface area contributed by atoms with Crippen molar-refractivity contribution in [1.82, 2.24) is 19.7 Å². The number of anilines is 1. The Hall–Kier alpha value is -3.15. The van der Waals surface area contributed by atoms with Crippen LogP contribution in [0, 0.1) is 0 Å². The number of nitrogen functional groups attached to an aromatic ring is 1. The number of ether oxygens (including phenoxy) is 1. The molecule has 116 valence electrons. The third kappa shape index (κ3) is 3.06. The van der Waals surface area contributed by atoms with Crippen LogP contribution in [0.3, 0.4) is 0 Å². The van der Waals surface area contributed by atoms with Crippen molar-refractivity contribution in [2.24, 2.45) is 0 Å². The molecule has 0 radical (unpaired) electrons. The lowest BCUT2D eigenvalue weighted by Crippen LogP contribution is -2.04. The van der Waals surface area contributed by atoms with Crippen LogP contribution < -0.4 is 10.5 Å². The van der Waals surface area contributed by atoms with Gasteiger partial charge in [-0.2, -0.15) is 5.10 Å². The van der Waals surface area contributed by atoms with Crippen LogP contribution in [0.1, 0.15) is 11.3 Å². The van der Waals surface area contributed by atoms with Crippen molar-refractivity contribution >= 4 is 11.9 Å². The number of hydrogen-bond donors (Lipinski definition) is 1. The Bertz CT molecular complexity index is 826. The molecule has 2 heterocycles. The highest BCUT2D eigenvalue weighted by atomic mass is 16.5. The van der Waals surface area contributed by atoms with Gasteiger partial charge in [0, 0.05) is 0 Å².